The van der Waals surface area contributed by atoms with Gasteiger partial charge in [-0.25, -0.2) is 13.2 Å². The van der Waals surface area contributed by atoms with Crippen molar-refractivity contribution in [3.8, 4) is 5.75 Å². The second kappa shape index (κ2) is 9.99. The van der Waals surface area contributed by atoms with Gasteiger partial charge in [0, 0.05) is 37.7 Å². The summed E-state index contributed by atoms with van der Waals surface area (Å²) in [6.07, 6.45) is 0. The molecule has 0 aliphatic carbocycles. The van der Waals surface area contributed by atoms with Crippen LogP contribution in [0.2, 0.25) is 10.0 Å². The lowest BCUT2D eigenvalue weighted by molar-refractivity contribution is -0.0498. The minimum atomic E-state index is -3.85. The molecule has 1 aliphatic rings. The predicted octanol–water partition coefficient (Wildman–Crippen LogP) is 3.81. The molecule has 1 heterocycles. The van der Waals surface area contributed by atoms with Gasteiger partial charge in [0.15, 0.2) is 0 Å². The molecular weight excluding hydrogens is 475 g/mol. The monoisotopic (exact) mass is 493 g/mol. The highest BCUT2D eigenvalue weighted by Crippen LogP contribution is 2.28. The number of amides is 2. The Balaban J connectivity index is 1.56. The van der Waals surface area contributed by atoms with Crippen molar-refractivity contribution in [3.63, 3.8) is 0 Å². The fourth-order valence-electron chi connectivity index (χ4n) is 3.07. The van der Waals surface area contributed by atoms with Crippen molar-refractivity contribution in [2.24, 2.45) is 0 Å². The third-order valence-electron chi connectivity index (χ3n) is 4.60. The lowest BCUT2D eigenvalue weighted by atomic mass is 10.2. The highest BCUT2D eigenvalue weighted by molar-refractivity contribution is 7.89. The number of ether oxygens (including phenoxy) is 1. The van der Waals surface area contributed by atoms with Gasteiger partial charge >= 0.3 is 12.6 Å². The number of hydrogen-bond acceptors (Lipinski definition) is 4. The molecule has 1 N–H and O–H groups in total. The number of carbonyl (C=O) groups excluding carboxylic acids is 1. The molecule has 2 amide bonds. The number of urea groups is 1. The molecule has 12 heteroatoms. The number of nitrogens with zero attached hydrogens (tertiary/aromatic N) is 2. The van der Waals surface area contributed by atoms with Crippen molar-refractivity contribution >= 4 is 39.3 Å². The number of nitrogens with one attached hydrogen (secondary N) is 1. The molecule has 31 heavy (non-hydrogen) atoms. The zero-order valence-corrected chi connectivity index (χ0v) is 18.4. The van der Waals surface area contributed by atoms with Crippen LogP contribution in [0.4, 0.5) is 13.6 Å². The van der Waals surface area contributed by atoms with Gasteiger partial charge in [0.2, 0.25) is 10.0 Å². The maximum absolute atomic E-state index is 12.9. The molecule has 1 fully saturated rings. The lowest BCUT2D eigenvalue weighted by Crippen LogP contribution is -2.53. The standard InChI is InChI=1S/C19H19Cl2F2N3O4S/c20-14-4-5-16(21)17(11-14)31(28,29)26-8-6-25(7-9-26)19(27)24-12-13-2-1-3-15(10-13)30-18(22)23/h1-5,10-11,18H,6-9,12H2,(H,24,27). The molecule has 0 radical (unpaired) electrons. The smallest absolute Gasteiger partial charge is 0.387 e. The van der Waals surface area contributed by atoms with Crippen LogP contribution in [0, 0.1) is 0 Å². The Morgan fingerprint density at radius 2 is 1.81 bits per heavy atom. The van der Waals surface area contributed by atoms with Gasteiger partial charge in [-0.05, 0) is 35.9 Å². The Labute approximate surface area is 188 Å². The molecule has 168 valence electrons. The van der Waals surface area contributed by atoms with Gasteiger partial charge in [-0.2, -0.15) is 13.1 Å². The summed E-state index contributed by atoms with van der Waals surface area (Å²) in [5.41, 5.74) is 0.586. The summed E-state index contributed by atoms with van der Waals surface area (Å²) < 4.78 is 55.9. The van der Waals surface area contributed by atoms with Crippen LogP contribution in [0.3, 0.4) is 0 Å². The molecule has 3 rings (SSSR count). The summed E-state index contributed by atoms with van der Waals surface area (Å²) in [7, 11) is -3.85. The van der Waals surface area contributed by atoms with Crippen molar-refractivity contribution in [1.29, 1.82) is 0 Å². The van der Waals surface area contributed by atoms with Gasteiger partial charge in [-0.3, -0.25) is 0 Å². The number of hydrogen-bond donors (Lipinski definition) is 1. The highest BCUT2D eigenvalue weighted by atomic mass is 35.5. The van der Waals surface area contributed by atoms with Crippen molar-refractivity contribution in [2.45, 2.75) is 18.1 Å². The Morgan fingerprint density at radius 1 is 1.10 bits per heavy atom. The second-order valence-electron chi connectivity index (χ2n) is 6.65. The minimum Gasteiger partial charge on any atom is -0.435 e. The topological polar surface area (TPSA) is 79.0 Å². The van der Waals surface area contributed by atoms with E-state index < -0.39 is 22.7 Å². The summed E-state index contributed by atoms with van der Waals surface area (Å²) in [6.45, 7) is -2.28. The molecule has 0 atom stereocenters. The Bertz CT molecular complexity index is 1050. The maximum Gasteiger partial charge on any atom is 0.387 e. The van der Waals surface area contributed by atoms with Crippen molar-refractivity contribution in [1.82, 2.24) is 14.5 Å². The van der Waals surface area contributed by atoms with Crippen LogP contribution < -0.4 is 10.1 Å². The third kappa shape index (κ3) is 5.97. The van der Waals surface area contributed by atoms with E-state index in [0.29, 0.717) is 5.56 Å². The summed E-state index contributed by atoms with van der Waals surface area (Å²) in [5, 5.41) is 3.01. The molecule has 1 aliphatic heterocycles. The molecular formula is C19H19Cl2F2N3O4S. The fourth-order valence-corrected chi connectivity index (χ4v) is 5.23. The number of alkyl halides is 2. The first kappa shape index (κ1) is 23.5. The van der Waals surface area contributed by atoms with Crippen molar-refractivity contribution in [2.75, 3.05) is 26.2 Å². The van der Waals surface area contributed by atoms with E-state index in [-0.39, 0.29) is 53.4 Å². The van der Waals surface area contributed by atoms with E-state index in [2.05, 4.69) is 10.1 Å². The summed E-state index contributed by atoms with van der Waals surface area (Å²) in [5.74, 6) is 0.000228. The van der Waals surface area contributed by atoms with Crippen LogP contribution in [0.15, 0.2) is 47.4 Å². The van der Waals surface area contributed by atoms with Gasteiger partial charge in [0.1, 0.15) is 10.6 Å². The number of halogens is 4. The molecule has 0 unspecified atom stereocenters. The minimum absolute atomic E-state index is 0.000228. The highest BCUT2D eigenvalue weighted by Gasteiger charge is 2.31. The van der Waals surface area contributed by atoms with E-state index >= 15 is 0 Å². The molecule has 0 saturated carbocycles. The van der Waals surface area contributed by atoms with Crippen LogP contribution in [0.1, 0.15) is 5.56 Å². The van der Waals surface area contributed by atoms with Crippen molar-refractivity contribution in [3.05, 3.63) is 58.1 Å². The van der Waals surface area contributed by atoms with Gasteiger partial charge in [0.25, 0.3) is 0 Å². The third-order valence-corrected chi connectivity index (χ3v) is 7.22. The maximum atomic E-state index is 12.9. The zero-order valence-electron chi connectivity index (χ0n) is 16.1. The van der Waals surface area contributed by atoms with E-state index in [0.717, 1.165) is 0 Å². The Hall–Kier alpha value is -2.14. The Morgan fingerprint density at radius 3 is 2.48 bits per heavy atom. The zero-order chi connectivity index (χ0) is 22.6. The second-order valence-corrected chi connectivity index (χ2v) is 9.40. The van der Waals surface area contributed by atoms with Crippen LogP contribution in [-0.2, 0) is 16.6 Å². The number of sulfonamides is 1. The average Bonchev–Trinajstić information content (AvgIpc) is 2.73. The largest absolute Gasteiger partial charge is 0.435 e. The summed E-state index contributed by atoms with van der Waals surface area (Å²) in [4.78, 5) is 13.8. The Kier molecular flexibility index (Phi) is 7.58. The first-order chi connectivity index (χ1) is 14.7. The number of benzene rings is 2. The molecule has 7 nitrogen and oxygen atoms in total. The van der Waals surface area contributed by atoms with E-state index in [9.17, 15) is 22.0 Å². The van der Waals surface area contributed by atoms with Gasteiger partial charge in [-0.1, -0.05) is 35.3 Å². The lowest BCUT2D eigenvalue weighted by Gasteiger charge is -2.34. The predicted molar refractivity (Wildman–Crippen MR) is 112 cm³/mol. The molecule has 1 saturated heterocycles. The molecule has 2 aromatic carbocycles. The van der Waals surface area contributed by atoms with E-state index in [4.69, 9.17) is 23.2 Å². The van der Waals surface area contributed by atoms with Crippen LogP contribution >= 0.6 is 23.2 Å². The normalized spacial score (nSPS) is 15.2. The van der Waals surface area contributed by atoms with Gasteiger partial charge < -0.3 is 15.0 Å². The van der Waals surface area contributed by atoms with Gasteiger partial charge in [-0.15, -0.1) is 0 Å². The van der Waals surface area contributed by atoms with E-state index in [1.54, 1.807) is 12.1 Å². The summed E-state index contributed by atoms with van der Waals surface area (Å²) >= 11 is 11.9. The van der Waals surface area contributed by atoms with E-state index in [1.807, 2.05) is 0 Å². The number of carbonyl (C=O) groups is 1. The molecule has 0 aromatic heterocycles. The van der Waals surface area contributed by atoms with Crippen LogP contribution in [-0.4, -0.2) is 56.4 Å². The summed E-state index contributed by atoms with van der Waals surface area (Å²) in [6, 6.07) is 9.83. The average molecular weight is 494 g/mol. The van der Waals surface area contributed by atoms with E-state index in [1.165, 1.54) is 39.5 Å². The first-order valence-electron chi connectivity index (χ1n) is 9.18. The first-order valence-corrected chi connectivity index (χ1v) is 11.4. The van der Waals surface area contributed by atoms with Crippen LogP contribution in [0.5, 0.6) is 5.75 Å². The van der Waals surface area contributed by atoms with Gasteiger partial charge in [0.05, 0.1) is 5.02 Å². The molecule has 0 bridgehead atoms. The molecule has 0 spiro atoms. The van der Waals surface area contributed by atoms with Crippen molar-refractivity contribution < 1.29 is 26.7 Å². The SMILES string of the molecule is O=C(NCc1cccc(OC(F)F)c1)N1CCN(S(=O)(=O)c2cc(Cl)ccc2Cl)CC1. The molecule has 2 aromatic rings. The quantitative estimate of drug-likeness (QED) is 0.663. The van der Waals surface area contributed by atoms with Crippen LogP contribution in [0.25, 0.3) is 0 Å². The fraction of sp³-hybridized carbons (Fsp3) is 0.316. The number of piperazine rings is 1. The number of rotatable bonds is 6.